The molecule has 1 saturated heterocycles. The molecule has 1 unspecified atom stereocenters. The van der Waals surface area contributed by atoms with Crippen molar-refractivity contribution in [2.24, 2.45) is 0 Å². The van der Waals surface area contributed by atoms with Gasteiger partial charge >= 0.3 is 12.1 Å². The van der Waals surface area contributed by atoms with Crippen LogP contribution in [0.5, 0.6) is 0 Å². The summed E-state index contributed by atoms with van der Waals surface area (Å²) < 4.78 is 62.5. The molecule has 0 bridgehead atoms. The highest BCUT2D eigenvalue weighted by atomic mass is 32.3. The maximum atomic E-state index is 13.4. The molecule has 5 N–H and O–H groups in total. The summed E-state index contributed by atoms with van der Waals surface area (Å²) in [7, 11) is -3.96. The van der Waals surface area contributed by atoms with Gasteiger partial charge in [0.1, 0.15) is 4.90 Å². The first kappa shape index (κ1) is 22.7. The number of carboxylic acid groups (broad SMARTS) is 1. The van der Waals surface area contributed by atoms with E-state index in [9.17, 15) is 36.7 Å². The van der Waals surface area contributed by atoms with Gasteiger partial charge in [-0.05, 0) is 24.6 Å². The minimum atomic E-state index is -3.96. The smallest absolute Gasteiger partial charge is 0.407 e. The lowest BCUT2D eigenvalue weighted by Crippen LogP contribution is -2.48. The average Bonchev–Trinajstić information content (AvgIpc) is 3.21. The zero-order valence-electron chi connectivity index (χ0n) is 16.6. The van der Waals surface area contributed by atoms with Gasteiger partial charge in [-0.3, -0.25) is 13.9 Å². The first-order chi connectivity index (χ1) is 15.5. The number of fused-ring (bicyclic) bond motifs is 1. The fourth-order valence-electron chi connectivity index (χ4n) is 3.70. The number of hydrogen-bond donors (Lipinski definition) is 5. The molecule has 0 radical (unpaired) electrons. The lowest BCUT2D eigenvalue weighted by atomic mass is 10.1. The van der Waals surface area contributed by atoms with Gasteiger partial charge in [-0.25, -0.2) is 27.1 Å². The molecule has 2 heterocycles. The highest BCUT2D eigenvalue weighted by molar-refractivity contribution is 8.23. The van der Waals surface area contributed by atoms with Crippen LogP contribution in [0.15, 0.2) is 35.2 Å². The van der Waals surface area contributed by atoms with Gasteiger partial charge in [-0.15, -0.1) is 0 Å². The van der Waals surface area contributed by atoms with Crippen molar-refractivity contribution in [3.05, 3.63) is 53.3 Å². The van der Waals surface area contributed by atoms with Gasteiger partial charge in [0.2, 0.25) is 0 Å². The Kier molecular flexibility index (Phi) is 5.59. The lowest BCUT2D eigenvalue weighted by molar-refractivity contribution is 0.102. The summed E-state index contributed by atoms with van der Waals surface area (Å²) in [4.78, 5) is 37.1. The van der Waals surface area contributed by atoms with Crippen LogP contribution in [0.4, 0.5) is 34.1 Å². The van der Waals surface area contributed by atoms with E-state index >= 15 is 0 Å². The number of anilines is 2. The summed E-state index contributed by atoms with van der Waals surface area (Å²) in [6.07, 6.45) is -1.04. The summed E-state index contributed by atoms with van der Waals surface area (Å²) in [5, 5.41) is 13.8. The Labute approximate surface area is 186 Å². The molecule has 1 fully saturated rings. The summed E-state index contributed by atoms with van der Waals surface area (Å²) in [5.74, 6) is -5.59. The van der Waals surface area contributed by atoms with Crippen molar-refractivity contribution in [1.29, 1.82) is 0 Å². The van der Waals surface area contributed by atoms with Crippen LogP contribution in [0.2, 0.25) is 0 Å². The maximum Gasteiger partial charge on any atom is 0.407 e. The van der Waals surface area contributed by atoms with Crippen LogP contribution >= 0.6 is 10.8 Å². The number of nitrogens with one attached hydrogen (secondary N) is 2. The standard InChI is InChI=1S/C19H17F3N4O6S/c20-12-6-10(7-13(21)16(12)22)23-17(27)9-1-2-14-15(5-9)33(31,32)26(18(28)24-14)11-3-4-25(8-11)19(29)30/h1-2,5-7,11,31-32H,3-4,8H2,(H,23,27)(H,24,28)(H,29,30). The fourth-order valence-corrected chi connectivity index (χ4v) is 5.47. The average molecular weight is 486 g/mol. The number of amides is 4. The minimum Gasteiger partial charge on any atom is -0.465 e. The number of nitrogens with zero attached hydrogens (tertiary/aromatic N) is 2. The quantitative estimate of drug-likeness (QED) is 0.416. The first-order valence-electron chi connectivity index (χ1n) is 9.45. The normalized spacial score (nSPS) is 20.2. The van der Waals surface area contributed by atoms with E-state index < -0.39 is 52.3 Å². The van der Waals surface area contributed by atoms with Crippen molar-refractivity contribution >= 4 is 40.2 Å². The molecule has 0 aromatic heterocycles. The van der Waals surface area contributed by atoms with Gasteiger partial charge in [-0.1, -0.05) is 10.8 Å². The summed E-state index contributed by atoms with van der Waals surface area (Å²) in [5.41, 5.74) is -0.483. The number of carbonyl (C=O) groups is 3. The second kappa shape index (κ2) is 8.13. The second-order valence-corrected chi connectivity index (χ2v) is 9.24. The Morgan fingerprint density at radius 3 is 2.39 bits per heavy atom. The van der Waals surface area contributed by atoms with Crippen molar-refractivity contribution in [2.75, 3.05) is 23.7 Å². The third-order valence-electron chi connectivity index (χ3n) is 5.26. The molecular weight excluding hydrogens is 469 g/mol. The van der Waals surface area contributed by atoms with E-state index in [-0.39, 0.29) is 41.3 Å². The van der Waals surface area contributed by atoms with Crippen LogP contribution in [0, 0.1) is 17.5 Å². The predicted octanol–water partition coefficient (Wildman–Crippen LogP) is 3.98. The Morgan fingerprint density at radius 2 is 1.79 bits per heavy atom. The SMILES string of the molecule is O=C(Nc1cc(F)c(F)c(F)c1)c1ccc2c(c1)S(O)(O)N(C1CCN(C(=O)O)C1)C(=O)N2. The zero-order chi connectivity index (χ0) is 24.1. The van der Waals surface area contributed by atoms with Crippen molar-refractivity contribution in [1.82, 2.24) is 9.21 Å². The number of likely N-dealkylation sites (tertiary alicyclic amines) is 1. The minimum absolute atomic E-state index is 0.0276. The molecule has 2 aliphatic rings. The van der Waals surface area contributed by atoms with E-state index in [0.29, 0.717) is 12.1 Å². The number of rotatable bonds is 3. The lowest BCUT2D eigenvalue weighted by Gasteiger charge is -2.48. The Balaban J connectivity index is 1.62. The van der Waals surface area contributed by atoms with Gasteiger partial charge in [0.25, 0.3) is 5.91 Å². The van der Waals surface area contributed by atoms with E-state index in [1.54, 1.807) is 0 Å². The van der Waals surface area contributed by atoms with Crippen LogP contribution in [-0.2, 0) is 0 Å². The second-order valence-electron chi connectivity index (χ2n) is 7.36. The number of carbonyl (C=O) groups excluding carboxylic acids is 2. The van der Waals surface area contributed by atoms with Crippen LogP contribution in [0.25, 0.3) is 0 Å². The molecule has 4 rings (SSSR count). The monoisotopic (exact) mass is 486 g/mol. The zero-order valence-corrected chi connectivity index (χ0v) is 17.4. The van der Waals surface area contributed by atoms with Crippen molar-refractivity contribution in [3.63, 3.8) is 0 Å². The van der Waals surface area contributed by atoms with E-state index in [1.165, 1.54) is 12.1 Å². The third-order valence-corrected chi connectivity index (χ3v) is 7.20. The first-order valence-corrected chi connectivity index (χ1v) is 11.0. The molecule has 33 heavy (non-hydrogen) atoms. The van der Waals surface area contributed by atoms with E-state index in [4.69, 9.17) is 5.11 Å². The van der Waals surface area contributed by atoms with Crippen molar-refractivity contribution in [2.45, 2.75) is 17.4 Å². The molecule has 2 aromatic rings. The molecule has 14 heteroatoms. The van der Waals surface area contributed by atoms with E-state index in [0.717, 1.165) is 15.3 Å². The third kappa shape index (κ3) is 4.03. The van der Waals surface area contributed by atoms with Gasteiger partial charge < -0.3 is 20.6 Å². The Hall–Kier alpha value is -3.49. The summed E-state index contributed by atoms with van der Waals surface area (Å²) in [6.45, 7) is -0.0325. The van der Waals surface area contributed by atoms with Crippen LogP contribution in [-0.4, -0.2) is 60.6 Å². The number of urea groups is 1. The molecule has 4 amide bonds. The molecular formula is C19H17F3N4O6S. The fraction of sp³-hybridized carbons (Fsp3) is 0.211. The molecule has 10 nitrogen and oxygen atoms in total. The van der Waals surface area contributed by atoms with Gasteiger partial charge in [0.15, 0.2) is 17.5 Å². The highest BCUT2D eigenvalue weighted by Gasteiger charge is 2.44. The molecule has 0 spiro atoms. The van der Waals surface area contributed by atoms with Crippen LogP contribution in [0.1, 0.15) is 16.8 Å². The molecule has 2 aromatic carbocycles. The van der Waals surface area contributed by atoms with Crippen molar-refractivity contribution in [3.8, 4) is 0 Å². The predicted molar refractivity (Wildman–Crippen MR) is 111 cm³/mol. The highest BCUT2D eigenvalue weighted by Crippen LogP contribution is 2.59. The molecule has 0 aliphatic carbocycles. The van der Waals surface area contributed by atoms with Crippen LogP contribution in [0.3, 0.4) is 0 Å². The number of halogens is 3. The van der Waals surface area contributed by atoms with Crippen molar-refractivity contribution < 1.29 is 41.8 Å². The molecule has 0 saturated carbocycles. The Morgan fingerprint density at radius 1 is 1.12 bits per heavy atom. The topological polar surface area (TPSA) is 142 Å². The maximum absolute atomic E-state index is 13.4. The molecule has 2 aliphatic heterocycles. The van der Waals surface area contributed by atoms with E-state index in [1.807, 2.05) is 0 Å². The number of hydrogen-bond acceptors (Lipinski definition) is 5. The molecule has 176 valence electrons. The van der Waals surface area contributed by atoms with Gasteiger partial charge in [-0.2, -0.15) is 0 Å². The van der Waals surface area contributed by atoms with E-state index in [2.05, 4.69) is 10.6 Å². The largest absolute Gasteiger partial charge is 0.465 e. The van der Waals surface area contributed by atoms with Gasteiger partial charge in [0.05, 0.1) is 11.7 Å². The van der Waals surface area contributed by atoms with Crippen LogP contribution < -0.4 is 10.6 Å². The Bertz CT molecular complexity index is 1160. The van der Waals surface area contributed by atoms with Gasteiger partial charge in [0, 0.05) is 36.5 Å². The number of benzene rings is 2. The summed E-state index contributed by atoms with van der Waals surface area (Å²) >= 11 is 0. The molecule has 1 atom stereocenters. The summed E-state index contributed by atoms with van der Waals surface area (Å²) in [6, 6.07) is 3.08.